The van der Waals surface area contributed by atoms with Gasteiger partial charge in [-0.25, -0.2) is 4.68 Å². The van der Waals surface area contributed by atoms with Crippen molar-refractivity contribution >= 4 is 34.4 Å². The van der Waals surface area contributed by atoms with Crippen LogP contribution in [0.1, 0.15) is 23.9 Å². The third kappa shape index (κ3) is 2.79. The second-order valence-corrected chi connectivity index (χ2v) is 5.93. The highest BCUT2D eigenvalue weighted by molar-refractivity contribution is 7.16. The average molecular weight is 285 g/mol. The fourth-order valence-electron chi connectivity index (χ4n) is 1.77. The summed E-state index contributed by atoms with van der Waals surface area (Å²) in [5.41, 5.74) is 7.63. The first-order chi connectivity index (χ1) is 8.61. The van der Waals surface area contributed by atoms with E-state index in [1.807, 2.05) is 23.7 Å². The lowest BCUT2D eigenvalue weighted by Crippen LogP contribution is -2.08. The van der Waals surface area contributed by atoms with Crippen molar-refractivity contribution < 1.29 is 0 Å². The quantitative estimate of drug-likeness (QED) is 0.883. The SMILES string of the molecule is CCCn1nc(C)c(N)c1NCc1ccc(Cl)s1. The van der Waals surface area contributed by atoms with Gasteiger partial charge in [0.2, 0.25) is 0 Å². The maximum absolute atomic E-state index is 6.03. The molecule has 0 saturated heterocycles. The number of nitrogens with one attached hydrogen (secondary N) is 1. The molecule has 0 atom stereocenters. The molecule has 0 radical (unpaired) electrons. The summed E-state index contributed by atoms with van der Waals surface area (Å²) in [4.78, 5) is 1.18. The van der Waals surface area contributed by atoms with E-state index in [1.165, 1.54) is 4.88 Å². The molecule has 0 aliphatic carbocycles. The minimum atomic E-state index is 0.719. The predicted molar refractivity (Wildman–Crippen MR) is 78.3 cm³/mol. The average Bonchev–Trinajstić information content (AvgIpc) is 2.84. The third-order valence-corrected chi connectivity index (χ3v) is 3.90. The smallest absolute Gasteiger partial charge is 0.148 e. The van der Waals surface area contributed by atoms with Gasteiger partial charge in [0.1, 0.15) is 5.82 Å². The lowest BCUT2D eigenvalue weighted by molar-refractivity contribution is 0.603. The predicted octanol–water partition coefficient (Wildman–Crippen LogP) is 3.51. The van der Waals surface area contributed by atoms with Crippen molar-refractivity contribution in [2.45, 2.75) is 33.4 Å². The van der Waals surface area contributed by atoms with E-state index in [0.29, 0.717) is 0 Å². The number of hydrogen-bond donors (Lipinski definition) is 2. The third-order valence-electron chi connectivity index (χ3n) is 2.67. The van der Waals surface area contributed by atoms with Crippen molar-refractivity contribution in [3.8, 4) is 0 Å². The van der Waals surface area contributed by atoms with Gasteiger partial charge in [0, 0.05) is 11.4 Å². The summed E-state index contributed by atoms with van der Waals surface area (Å²) in [5.74, 6) is 0.902. The second-order valence-electron chi connectivity index (χ2n) is 4.13. The molecule has 18 heavy (non-hydrogen) atoms. The van der Waals surface area contributed by atoms with E-state index in [9.17, 15) is 0 Å². The number of anilines is 2. The van der Waals surface area contributed by atoms with Crippen molar-refractivity contribution in [2.75, 3.05) is 11.1 Å². The molecule has 0 fully saturated rings. The summed E-state index contributed by atoms with van der Waals surface area (Å²) in [6.45, 7) is 5.63. The van der Waals surface area contributed by atoms with Gasteiger partial charge in [-0.05, 0) is 25.5 Å². The molecule has 6 heteroatoms. The number of aryl methyl sites for hydroxylation is 2. The molecule has 3 N–H and O–H groups in total. The Bertz CT molecular complexity index is 532. The molecule has 2 aromatic heterocycles. The summed E-state index contributed by atoms with van der Waals surface area (Å²) in [5, 5.41) is 7.77. The first-order valence-corrected chi connectivity index (χ1v) is 7.12. The van der Waals surface area contributed by atoms with Crippen LogP contribution in [0.4, 0.5) is 11.5 Å². The molecule has 2 heterocycles. The topological polar surface area (TPSA) is 55.9 Å². The van der Waals surface area contributed by atoms with Gasteiger partial charge >= 0.3 is 0 Å². The van der Waals surface area contributed by atoms with Gasteiger partial charge in [-0.2, -0.15) is 5.10 Å². The fourth-order valence-corrected chi connectivity index (χ4v) is 2.80. The Balaban J connectivity index is 2.12. The monoisotopic (exact) mass is 284 g/mol. The van der Waals surface area contributed by atoms with Gasteiger partial charge in [0.05, 0.1) is 22.3 Å². The summed E-state index contributed by atoms with van der Waals surface area (Å²) < 4.78 is 2.73. The van der Waals surface area contributed by atoms with Crippen LogP contribution in [0, 0.1) is 6.92 Å². The minimum Gasteiger partial charge on any atom is -0.394 e. The second kappa shape index (κ2) is 5.63. The summed E-state index contributed by atoms with van der Waals surface area (Å²) in [6, 6.07) is 3.92. The number of thiophene rings is 1. The molecule has 0 aliphatic heterocycles. The van der Waals surface area contributed by atoms with Crippen LogP contribution in [0.5, 0.6) is 0 Å². The largest absolute Gasteiger partial charge is 0.394 e. The zero-order valence-electron chi connectivity index (χ0n) is 10.5. The highest BCUT2D eigenvalue weighted by Crippen LogP contribution is 2.26. The zero-order valence-corrected chi connectivity index (χ0v) is 12.1. The number of hydrogen-bond acceptors (Lipinski definition) is 4. The Labute approximate surface area is 116 Å². The van der Waals surface area contributed by atoms with Gasteiger partial charge < -0.3 is 11.1 Å². The van der Waals surface area contributed by atoms with Crippen LogP contribution in [0.3, 0.4) is 0 Å². The van der Waals surface area contributed by atoms with Crippen molar-refractivity contribution in [1.82, 2.24) is 9.78 Å². The van der Waals surface area contributed by atoms with Gasteiger partial charge in [0.15, 0.2) is 0 Å². The maximum atomic E-state index is 6.03. The number of rotatable bonds is 5. The van der Waals surface area contributed by atoms with Gasteiger partial charge in [-0.15, -0.1) is 11.3 Å². The van der Waals surface area contributed by atoms with E-state index >= 15 is 0 Å². The summed E-state index contributed by atoms with van der Waals surface area (Å²) in [7, 11) is 0. The molecule has 2 aromatic rings. The number of nitrogens with zero attached hydrogens (tertiary/aromatic N) is 2. The van der Waals surface area contributed by atoms with E-state index in [0.717, 1.165) is 41.0 Å². The molecule has 0 bridgehead atoms. The van der Waals surface area contributed by atoms with Crippen LogP contribution in [0.15, 0.2) is 12.1 Å². The number of nitrogen functional groups attached to an aromatic ring is 1. The Morgan fingerprint density at radius 3 is 2.89 bits per heavy atom. The molecule has 2 rings (SSSR count). The highest BCUT2D eigenvalue weighted by Gasteiger charge is 2.11. The molecule has 0 aromatic carbocycles. The van der Waals surface area contributed by atoms with Gasteiger partial charge in [-0.1, -0.05) is 18.5 Å². The van der Waals surface area contributed by atoms with Crippen LogP contribution < -0.4 is 11.1 Å². The molecule has 0 saturated carbocycles. The van der Waals surface area contributed by atoms with Crippen LogP contribution in [-0.4, -0.2) is 9.78 Å². The normalized spacial score (nSPS) is 10.8. The minimum absolute atomic E-state index is 0.719. The standard InChI is InChI=1S/C12H17ClN4S/c1-3-6-17-12(11(14)8(2)16-17)15-7-9-4-5-10(13)18-9/h4-5,15H,3,6-7,14H2,1-2H3. The van der Waals surface area contributed by atoms with E-state index in [-0.39, 0.29) is 0 Å². The Morgan fingerprint density at radius 2 is 2.28 bits per heavy atom. The first-order valence-electron chi connectivity index (χ1n) is 5.92. The van der Waals surface area contributed by atoms with Crippen molar-refractivity contribution in [3.05, 3.63) is 27.0 Å². The van der Waals surface area contributed by atoms with E-state index < -0.39 is 0 Å². The molecule has 4 nitrogen and oxygen atoms in total. The fraction of sp³-hybridized carbons (Fsp3) is 0.417. The Morgan fingerprint density at radius 1 is 1.50 bits per heavy atom. The molecule has 0 unspecified atom stereocenters. The van der Waals surface area contributed by atoms with Crippen LogP contribution >= 0.6 is 22.9 Å². The summed E-state index contributed by atoms with van der Waals surface area (Å²) in [6.07, 6.45) is 1.03. The highest BCUT2D eigenvalue weighted by atomic mass is 35.5. The van der Waals surface area contributed by atoms with Gasteiger partial charge in [0.25, 0.3) is 0 Å². The molecule has 0 spiro atoms. The summed E-state index contributed by atoms with van der Waals surface area (Å²) >= 11 is 7.48. The number of aromatic nitrogens is 2. The van der Waals surface area contributed by atoms with Crippen LogP contribution in [0.25, 0.3) is 0 Å². The molecule has 0 amide bonds. The maximum Gasteiger partial charge on any atom is 0.148 e. The Kier molecular flexibility index (Phi) is 4.14. The van der Waals surface area contributed by atoms with E-state index in [1.54, 1.807) is 11.3 Å². The molecule has 98 valence electrons. The number of nitrogens with two attached hydrogens (primary N) is 1. The lowest BCUT2D eigenvalue weighted by Gasteiger charge is -2.09. The number of halogens is 1. The van der Waals surface area contributed by atoms with Crippen LogP contribution in [0.2, 0.25) is 4.34 Å². The van der Waals surface area contributed by atoms with E-state index in [4.69, 9.17) is 17.3 Å². The van der Waals surface area contributed by atoms with Crippen molar-refractivity contribution in [2.24, 2.45) is 0 Å². The van der Waals surface area contributed by atoms with Crippen LogP contribution in [-0.2, 0) is 13.1 Å². The van der Waals surface area contributed by atoms with Gasteiger partial charge in [-0.3, -0.25) is 0 Å². The first kappa shape index (κ1) is 13.2. The lowest BCUT2D eigenvalue weighted by atomic mass is 10.3. The zero-order chi connectivity index (χ0) is 13.1. The van der Waals surface area contributed by atoms with E-state index in [2.05, 4.69) is 17.3 Å². The van der Waals surface area contributed by atoms with Crippen molar-refractivity contribution in [1.29, 1.82) is 0 Å². The van der Waals surface area contributed by atoms with Crippen molar-refractivity contribution in [3.63, 3.8) is 0 Å². The Hall–Kier alpha value is -1.20. The molecular weight excluding hydrogens is 268 g/mol. The molecule has 0 aliphatic rings. The molecular formula is C12H17ClN4S.